The summed E-state index contributed by atoms with van der Waals surface area (Å²) in [6, 6.07) is 3.83. The number of anilines is 1. The summed E-state index contributed by atoms with van der Waals surface area (Å²) in [5.41, 5.74) is 1.05. The fourth-order valence-corrected chi connectivity index (χ4v) is 2.30. The van der Waals surface area contributed by atoms with Gasteiger partial charge in [0.05, 0.1) is 0 Å². The van der Waals surface area contributed by atoms with Gasteiger partial charge in [-0.3, -0.25) is 0 Å². The van der Waals surface area contributed by atoms with Crippen LogP contribution in [0.1, 0.15) is 25.0 Å². The quantitative estimate of drug-likeness (QED) is 0.686. The number of aromatic nitrogens is 2. The highest BCUT2D eigenvalue weighted by atomic mass is 15.2. The standard InChI is InChI=1S/C11H12N4/c12-6-9-5-10(14-8-13-9)15-4-3-11(7-15)1-2-11/h5,8H,1-4,7H2. The van der Waals surface area contributed by atoms with Crippen molar-refractivity contribution >= 4 is 5.82 Å². The van der Waals surface area contributed by atoms with Gasteiger partial charge in [-0.1, -0.05) is 0 Å². The van der Waals surface area contributed by atoms with Gasteiger partial charge in [0.1, 0.15) is 23.9 Å². The Kier molecular flexibility index (Phi) is 1.69. The van der Waals surface area contributed by atoms with Crippen molar-refractivity contribution in [2.24, 2.45) is 5.41 Å². The normalized spacial score (nSPS) is 21.7. The van der Waals surface area contributed by atoms with Crippen molar-refractivity contribution in [1.29, 1.82) is 5.26 Å². The molecule has 0 N–H and O–H groups in total. The van der Waals surface area contributed by atoms with E-state index in [0.717, 1.165) is 18.9 Å². The second-order valence-electron chi connectivity index (χ2n) is 4.54. The van der Waals surface area contributed by atoms with Gasteiger partial charge in [0.25, 0.3) is 0 Å². The van der Waals surface area contributed by atoms with Crippen LogP contribution in [0.3, 0.4) is 0 Å². The van der Waals surface area contributed by atoms with Gasteiger partial charge in [-0.05, 0) is 24.7 Å². The van der Waals surface area contributed by atoms with E-state index < -0.39 is 0 Å². The second kappa shape index (κ2) is 2.93. The first-order valence-electron chi connectivity index (χ1n) is 5.28. The van der Waals surface area contributed by atoms with Crippen molar-refractivity contribution in [3.8, 4) is 6.07 Å². The van der Waals surface area contributed by atoms with Crippen LogP contribution in [0.25, 0.3) is 0 Å². The molecule has 0 amide bonds. The molecule has 4 heteroatoms. The Labute approximate surface area is 88.6 Å². The van der Waals surface area contributed by atoms with Gasteiger partial charge in [-0.2, -0.15) is 5.26 Å². The highest BCUT2D eigenvalue weighted by Gasteiger charge is 2.47. The Balaban J connectivity index is 1.84. The van der Waals surface area contributed by atoms with Crippen molar-refractivity contribution in [2.45, 2.75) is 19.3 Å². The number of hydrogen-bond donors (Lipinski definition) is 0. The molecular weight excluding hydrogens is 188 g/mol. The van der Waals surface area contributed by atoms with Gasteiger partial charge >= 0.3 is 0 Å². The van der Waals surface area contributed by atoms with Crippen LogP contribution in [0, 0.1) is 16.7 Å². The highest BCUT2D eigenvalue weighted by Crippen LogP contribution is 2.53. The third kappa shape index (κ3) is 1.44. The van der Waals surface area contributed by atoms with Crippen LogP contribution in [0.15, 0.2) is 12.4 Å². The van der Waals surface area contributed by atoms with Crippen LogP contribution in [-0.4, -0.2) is 23.1 Å². The summed E-state index contributed by atoms with van der Waals surface area (Å²) in [5, 5.41) is 8.76. The SMILES string of the molecule is N#Cc1cc(N2CCC3(CC3)C2)ncn1. The molecule has 3 rings (SSSR count). The molecule has 2 heterocycles. The minimum absolute atomic E-state index is 0.455. The molecule has 4 nitrogen and oxygen atoms in total. The third-order valence-corrected chi connectivity index (χ3v) is 3.49. The van der Waals surface area contributed by atoms with Gasteiger partial charge in [-0.15, -0.1) is 0 Å². The number of nitriles is 1. The van der Waals surface area contributed by atoms with E-state index in [1.165, 1.54) is 25.6 Å². The molecule has 2 fully saturated rings. The van der Waals surface area contributed by atoms with Crippen molar-refractivity contribution in [2.75, 3.05) is 18.0 Å². The minimum atomic E-state index is 0.455. The summed E-state index contributed by atoms with van der Waals surface area (Å²) in [7, 11) is 0. The summed E-state index contributed by atoms with van der Waals surface area (Å²) >= 11 is 0. The maximum atomic E-state index is 8.76. The first-order chi connectivity index (χ1) is 7.31. The number of rotatable bonds is 1. The van der Waals surface area contributed by atoms with Gasteiger partial charge in [0, 0.05) is 19.2 Å². The monoisotopic (exact) mass is 200 g/mol. The number of hydrogen-bond acceptors (Lipinski definition) is 4. The highest BCUT2D eigenvalue weighted by molar-refractivity contribution is 5.44. The zero-order chi connectivity index (χ0) is 10.3. The molecule has 2 aliphatic rings. The molecule has 15 heavy (non-hydrogen) atoms. The molecule has 1 aromatic heterocycles. The average molecular weight is 200 g/mol. The lowest BCUT2D eigenvalue weighted by molar-refractivity contribution is 0.580. The molecule has 1 aromatic rings. The summed E-state index contributed by atoms with van der Waals surface area (Å²) < 4.78 is 0. The van der Waals surface area contributed by atoms with Gasteiger partial charge in [-0.25, -0.2) is 9.97 Å². The van der Waals surface area contributed by atoms with Gasteiger partial charge in [0.15, 0.2) is 0 Å². The summed E-state index contributed by atoms with van der Waals surface area (Å²) in [6.07, 6.45) is 5.48. The largest absolute Gasteiger partial charge is 0.356 e. The molecular formula is C11H12N4. The van der Waals surface area contributed by atoms with Crippen LogP contribution >= 0.6 is 0 Å². The Morgan fingerprint density at radius 2 is 2.20 bits per heavy atom. The zero-order valence-corrected chi connectivity index (χ0v) is 8.48. The smallest absolute Gasteiger partial charge is 0.145 e. The Hall–Kier alpha value is -1.63. The van der Waals surface area contributed by atoms with E-state index in [1.54, 1.807) is 6.07 Å². The van der Waals surface area contributed by atoms with Crippen LogP contribution < -0.4 is 4.90 Å². The van der Waals surface area contributed by atoms with Crippen LogP contribution in [0.5, 0.6) is 0 Å². The fraction of sp³-hybridized carbons (Fsp3) is 0.545. The molecule has 76 valence electrons. The van der Waals surface area contributed by atoms with E-state index in [4.69, 9.17) is 5.26 Å². The predicted octanol–water partition coefficient (Wildman–Crippen LogP) is 1.34. The van der Waals surface area contributed by atoms with E-state index in [-0.39, 0.29) is 0 Å². The molecule has 0 bridgehead atoms. The summed E-state index contributed by atoms with van der Waals surface area (Å²) in [6.45, 7) is 2.18. The van der Waals surface area contributed by atoms with E-state index >= 15 is 0 Å². The number of nitrogens with zero attached hydrogens (tertiary/aromatic N) is 4. The third-order valence-electron chi connectivity index (χ3n) is 3.49. The molecule has 0 aromatic carbocycles. The lowest BCUT2D eigenvalue weighted by atomic mass is 10.1. The molecule has 1 saturated heterocycles. The van der Waals surface area contributed by atoms with E-state index in [9.17, 15) is 0 Å². The lowest BCUT2D eigenvalue weighted by Gasteiger charge is -2.16. The summed E-state index contributed by atoms with van der Waals surface area (Å²) in [4.78, 5) is 10.4. The first kappa shape index (κ1) is 8.66. The predicted molar refractivity (Wildman–Crippen MR) is 55.2 cm³/mol. The lowest BCUT2D eigenvalue weighted by Crippen LogP contribution is -2.21. The Morgan fingerprint density at radius 3 is 2.87 bits per heavy atom. The molecule has 0 unspecified atom stereocenters. The van der Waals surface area contributed by atoms with Crippen LogP contribution in [0.4, 0.5) is 5.82 Å². The Bertz CT molecular complexity index is 430. The maximum absolute atomic E-state index is 8.76. The first-order valence-corrected chi connectivity index (χ1v) is 5.28. The molecule has 0 atom stereocenters. The van der Waals surface area contributed by atoms with Gasteiger partial charge in [0.2, 0.25) is 0 Å². The molecule has 1 spiro atoms. The zero-order valence-electron chi connectivity index (χ0n) is 8.48. The molecule has 1 aliphatic carbocycles. The molecule has 0 radical (unpaired) electrons. The van der Waals surface area contributed by atoms with E-state index in [2.05, 4.69) is 14.9 Å². The molecule has 1 saturated carbocycles. The van der Waals surface area contributed by atoms with Crippen molar-refractivity contribution < 1.29 is 0 Å². The van der Waals surface area contributed by atoms with Crippen molar-refractivity contribution in [3.63, 3.8) is 0 Å². The second-order valence-corrected chi connectivity index (χ2v) is 4.54. The van der Waals surface area contributed by atoms with E-state index in [0.29, 0.717) is 11.1 Å². The van der Waals surface area contributed by atoms with Crippen LogP contribution in [0.2, 0.25) is 0 Å². The van der Waals surface area contributed by atoms with Crippen LogP contribution in [-0.2, 0) is 0 Å². The fourth-order valence-electron chi connectivity index (χ4n) is 2.30. The topological polar surface area (TPSA) is 52.8 Å². The average Bonchev–Trinajstić information content (AvgIpc) is 2.89. The van der Waals surface area contributed by atoms with Gasteiger partial charge < -0.3 is 4.90 Å². The Morgan fingerprint density at radius 1 is 1.33 bits per heavy atom. The molecule has 1 aliphatic heterocycles. The summed E-state index contributed by atoms with van der Waals surface area (Å²) in [5.74, 6) is 0.908. The van der Waals surface area contributed by atoms with E-state index in [1.807, 2.05) is 6.07 Å². The van der Waals surface area contributed by atoms with Crippen molar-refractivity contribution in [3.05, 3.63) is 18.1 Å². The maximum Gasteiger partial charge on any atom is 0.145 e. The minimum Gasteiger partial charge on any atom is -0.356 e. The van der Waals surface area contributed by atoms with Crippen molar-refractivity contribution in [1.82, 2.24) is 9.97 Å².